The molecule has 0 saturated heterocycles. The highest BCUT2D eigenvalue weighted by atomic mass is 19.1. The minimum Gasteiger partial charge on any atom is -0.245 e. The van der Waals surface area contributed by atoms with Crippen LogP contribution in [-0.2, 0) is 0 Å². The highest BCUT2D eigenvalue weighted by molar-refractivity contribution is 5.45. The van der Waals surface area contributed by atoms with E-state index in [2.05, 4.69) is 0 Å². The van der Waals surface area contributed by atoms with Crippen LogP contribution in [0.3, 0.4) is 0 Å². The van der Waals surface area contributed by atoms with Gasteiger partial charge in [-0.1, -0.05) is 18.2 Å². The summed E-state index contributed by atoms with van der Waals surface area (Å²) >= 11 is 0. The zero-order valence-electron chi connectivity index (χ0n) is 11.5. The Morgan fingerprint density at radius 1 is 0.909 bits per heavy atom. The van der Waals surface area contributed by atoms with Crippen LogP contribution >= 0.6 is 0 Å². The third-order valence-electron chi connectivity index (χ3n) is 7.30. The van der Waals surface area contributed by atoms with Gasteiger partial charge in [0.15, 0.2) is 0 Å². The summed E-state index contributed by atoms with van der Waals surface area (Å²) in [6.45, 7) is 0. The second-order valence-electron chi connectivity index (χ2n) is 7.47. The van der Waals surface area contributed by atoms with Crippen LogP contribution in [0.1, 0.15) is 12.1 Å². The van der Waals surface area contributed by atoms with Gasteiger partial charge >= 0.3 is 11.4 Å². The molecule has 5 nitrogen and oxygen atoms in total. The van der Waals surface area contributed by atoms with Gasteiger partial charge in [-0.2, -0.15) is 0 Å². The van der Waals surface area contributed by atoms with Crippen molar-refractivity contribution >= 4 is 0 Å². The molecular formula is C16H12FN3O2. The molecule has 22 heavy (non-hydrogen) atoms. The standard InChI is InChI=1S/C16H12FN3O2/c17-16-10-8-7-9(10)13(16)20-15(22)18(6-4-2-1-3-5-6)14(21)19(20)12(7)11(8)16/h1-5,7-13H/t7-,8+,9-,10+,11+,12-,13-,16-/m1/s1. The first-order valence-corrected chi connectivity index (χ1v) is 7.88. The summed E-state index contributed by atoms with van der Waals surface area (Å²) in [5.41, 5.74) is -1.32. The van der Waals surface area contributed by atoms with Crippen molar-refractivity contribution < 1.29 is 4.39 Å². The number of hydrogen-bond donors (Lipinski definition) is 0. The highest BCUT2D eigenvalue weighted by Crippen LogP contribution is 2.94. The van der Waals surface area contributed by atoms with Gasteiger partial charge in [0, 0.05) is 11.8 Å². The zero-order valence-corrected chi connectivity index (χ0v) is 11.5. The smallest absolute Gasteiger partial charge is 0.245 e. The molecule has 1 aromatic carbocycles. The van der Waals surface area contributed by atoms with Gasteiger partial charge in [-0.3, -0.25) is 0 Å². The predicted octanol–water partition coefficient (Wildman–Crippen LogP) is 0.740. The number of alkyl halides is 1. The molecule has 4 aliphatic carbocycles. The maximum atomic E-state index is 15.2. The molecule has 0 amide bonds. The van der Waals surface area contributed by atoms with Gasteiger partial charge in [0.2, 0.25) is 0 Å². The number of nitrogens with zero attached hydrogens (tertiary/aromatic N) is 3. The Morgan fingerprint density at radius 2 is 1.64 bits per heavy atom. The van der Waals surface area contributed by atoms with Gasteiger partial charge in [0.1, 0.15) is 5.67 Å². The molecule has 1 aromatic heterocycles. The van der Waals surface area contributed by atoms with Crippen molar-refractivity contribution in [2.75, 3.05) is 0 Å². The molecule has 0 radical (unpaired) electrons. The van der Waals surface area contributed by atoms with Crippen LogP contribution in [0.4, 0.5) is 4.39 Å². The van der Waals surface area contributed by atoms with E-state index < -0.39 is 11.7 Å². The number of benzene rings is 1. The van der Waals surface area contributed by atoms with Crippen molar-refractivity contribution in [1.82, 2.24) is 13.9 Å². The Kier molecular flexibility index (Phi) is 1.27. The SMILES string of the molecule is O=c1n(-c2ccccc2)c(=O)n2n1[C@@H]1[C@H]3[C@@H]4[C@@H]5[C@H]3[C@@H]1[C@@]5(F)[C@@H]42. The van der Waals surface area contributed by atoms with E-state index in [1.54, 1.807) is 28.9 Å². The first kappa shape index (κ1) is 10.6. The van der Waals surface area contributed by atoms with E-state index in [0.29, 0.717) is 23.4 Å². The molecule has 6 heteroatoms. The fraction of sp³-hybridized carbons (Fsp3) is 0.500. The van der Waals surface area contributed by atoms with Gasteiger partial charge in [0.25, 0.3) is 0 Å². The molecule has 0 unspecified atom stereocenters. The van der Waals surface area contributed by atoms with E-state index in [9.17, 15) is 9.59 Å². The van der Waals surface area contributed by atoms with Crippen molar-refractivity contribution in [2.24, 2.45) is 29.6 Å². The monoisotopic (exact) mass is 297 g/mol. The van der Waals surface area contributed by atoms with Crippen molar-refractivity contribution in [1.29, 1.82) is 0 Å². The largest absolute Gasteiger partial charge is 0.352 e. The second-order valence-corrected chi connectivity index (χ2v) is 7.47. The average Bonchev–Trinajstić information content (AvgIpc) is 2.72. The number of aromatic nitrogens is 3. The van der Waals surface area contributed by atoms with Gasteiger partial charge in [-0.25, -0.2) is 27.9 Å². The molecule has 0 spiro atoms. The first-order chi connectivity index (χ1) is 10.7. The molecule has 2 aromatic rings. The van der Waals surface area contributed by atoms with E-state index in [0.717, 1.165) is 0 Å². The number of rotatable bonds is 1. The van der Waals surface area contributed by atoms with Crippen LogP contribution in [0.2, 0.25) is 0 Å². The van der Waals surface area contributed by atoms with E-state index in [-0.39, 0.29) is 29.3 Å². The van der Waals surface area contributed by atoms with Crippen molar-refractivity contribution in [3.05, 3.63) is 51.3 Å². The molecular weight excluding hydrogens is 285 g/mol. The van der Waals surface area contributed by atoms with Crippen molar-refractivity contribution in [3.8, 4) is 5.69 Å². The third-order valence-corrected chi connectivity index (χ3v) is 7.30. The molecule has 3 heterocycles. The fourth-order valence-corrected chi connectivity index (χ4v) is 6.77. The number of halogens is 1. The summed E-state index contributed by atoms with van der Waals surface area (Å²) in [6, 6.07) is 8.45. The van der Waals surface area contributed by atoms with E-state index >= 15 is 4.39 Å². The Labute approximate surface area is 123 Å². The fourth-order valence-electron chi connectivity index (χ4n) is 6.77. The molecule has 110 valence electrons. The molecule has 2 bridgehead atoms. The van der Waals surface area contributed by atoms with Crippen LogP contribution in [0.15, 0.2) is 39.9 Å². The summed E-state index contributed by atoms with van der Waals surface area (Å²) in [6.07, 6.45) is 0. The van der Waals surface area contributed by atoms with E-state index in [4.69, 9.17) is 0 Å². The van der Waals surface area contributed by atoms with E-state index in [1.165, 1.54) is 9.25 Å². The van der Waals surface area contributed by atoms with Crippen LogP contribution in [-0.4, -0.2) is 19.6 Å². The molecule has 4 fully saturated rings. The lowest BCUT2D eigenvalue weighted by molar-refractivity contribution is -0.495. The van der Waals surface area contributed by atoms with Gasteiger partial charge in [-0.15, -0.1) is 0 Å². The lowest BCUT2D eigenvalue weighted by Gasteiger charge is -2.93. The Hall–Kier alpha value is -2.11. The van der Waals surface area contributed by atoms with Crippen LogP contribution < -0.4 is 11.4 Å². The Balaban J connectivity index is 1.57. The summed E-state index contributed by atoms with van der Waals surface area (Å²) in [5, 5.41) is 0. The molecule has 4 saturated carbocycles. The molecule has 2 aliphatic heterocycles. The van der Waals surface area contributed by atoms with Crippen molar-refractivity contribution in [3.63, 3.8) is 0 Å². The molecule has 8 atom stereocenters. The maximum absolute atomic E-state index is 15.2. The van der Waals surface area contributed by atoms with Crippen LogP contribution in [0.25, 0.3) is 5.69 Å². The zero-order chi connectivity index (χ0) is 14.5. The topological polar surface area (TPSA) is 48.9 Å². The maximum Gasteiger partial charge on any atom is 0.352 e. The number of para-hydroxylation sites is 1. The van der Waals surface area contributed by atoms with Crippen molar-refractivity contribution in [2.45, 2.75) is 17.8 Å². The Morgan fingerprint density at radius 3 is 2.36 bits per heavy atom. The minimum atomic E-state index is -1.20. The second kappa shape index (κ2) is 2.64. The van der Waals surface area contributed by atoms with Gasteiger partial charge < -0.3 is 0 Å². The molecule has 6 aliphatic rings. The lowest BCUT2D eigenvalue weighted by atomic mass is 9.15. The normalized spacial score (nSPS) is 50.1. The van der Waals surface area contributed by atoms with E-state index in [1.807, 2.05) is 6.07 Å². The van der Waals surface area contributed by atoms with Gasteiger partial charge in [-0.05, 0) is 29.9 Å². The molecule has 8 rings (SSSR count). The number of hydrogen-bond acceptors (Lipinski definition) is 2. The predicted molar refractivity (Wildman–Crippen MR) is 73.7 cm³/mol. The van der Waals surface area contributed by atoms with Crippen LogP contribution in [0, 0.1) is 29.6 Å². The quantitative estimate of drug-likeness (QED) is 0.779. The van der Waals surface area contributed by atoms with Crippen LogP contribution in [0.5, 0.6) is 0 Å². The highest BCUT2D eigenvalue weighted by Gasteiger charge is 2.98. The molecule has 0 N–H and O–H groups in total. The summed E-state index contributed by atoms with van der Waals surface area (Å²) in [4.78, 5) is 25.6. The van der Waals surface area contributed by atoms with Gasteiger partial charge in [0.05, 0.1) is 17.8 Å². The lowest BCUT2D eigenvalue weighted by Crippen LogP contribution is -2.98. The minimum absolute atomic E-state index is 0.0128. The first-order valence-electron chi connectivity index (χ1n) is 7.88. The third kappa shape index (κ3) is 0.661. The summed E-state index contributed by atoms with van der Waals surface area (Å²) < 4.78 is 19.4. The summed E-state index contributed by atoms with van der Waals surface area (Å²) in [5.74, 6) is 1.41. The average molecular weight is 297 g/mol. The summed E-state index contributed by atoms with van der Waals surface area (Å²) in [7, 11) is 0. The Bertz CT molecular complexity index is 1000.